The quantitative estimate of drug-likeness (QED) is 0.757. The summed E-state index contributed by atoms with van der Waals surface area (Å²) in [4.78, 5) is 0. The fourth-order valence-corrected chi connectivity index (χ4v) is 2.12. The van der Waals surface area contributed by atoms with Gasteiger partial charge < -0.3 is 20.3 Å². The molecule has 0 saturated heterocycles. The number of aliphatic hydroxyl groups excluding tert-OH is 1. The predicted octanol–water partition coefficient (Wildman–Crippen LogP) is 2.12. The van der Waals surface area contributed by atoms with Gasteiger partial charge in [0.25, 0.3) is 0 Å². The minimum Gasteiger partial charge on any atom is -0.497 e. The van der Waals surface area contributed by atoms with Crippen LogP contribution in [0, 0.1) is 0 Å². The minimum atomic E-state index is -0.476. The van der Waals surface area contributed by atoms with Crippen LogP contribution < -0.4 is 15.2 Å². The van der Waals surface area contributed by atoms with Crippen molar-refractivity contribution < 1.29 is 14.6 Å². The number of ether oxygens (including phenoxy) is 2. The van der Waals surface area contributed by atoms with Gasteiger partial charge in [0, 0.05) is 6.04 Å². The number of nitrogens with two attached hydrogens (primary N) is 1. The van der Waals surface area contributed by atoms with Crippen molar-refractivity contribution in [2.75, 3.05) is 14.2 Å². The zero-order valence-electron chi connectivity index (χ0n) is 12.1. The van der Waals surface area contributed by atoms with Gasteiger partial charge in [0.05, 0.1) is 20.3 Å². The van der Waals surface area contributed by atoms with Gasteiger partial charge in [0.2, 0.25) is 0 Å². The average molecular weight is 267 g/mol. The van der Waals surface area contributed by atoms with E-state index in [1.54, 1.807) is 14.2 Å². The first-order chi connectivity index (χ1) is 9.12. The zero-order chi connectivity index (χ0) is 14.3. The van der Waals surface area contributed by atoms with Gasteiger partial charge in [-0.1, -0.05) is 13.3 Å². The molecule has 0 radical (unpaired) electrons. The first-order valence-electron chi connectivity index (χ1n) is 6.76. The number of benzene rings is 1. The number of hydrogen-bond acceptors (Lipinski definition) is 4. The molecule has 108 valence electrons. The van der Waals surface area contributed by atoms with E-state index in [2.05, 4.69) is 6.92 Å². The van der Waals surface area contributed by atoms with Crippen LogP contribution in [0.2, 0.25) is 0 Å². The molecule has 0 aromatic heterocycles. The van der Waals surface area contributed by atoms with Crippen molar-refractivity contribution in [3.8, 4) is 11.5 Å². The van der Waals surface area contributed by atoms with Crippen LogP contribution in [0.25, 0.3) is 0 Å². The molecule has 2 atom stereocenters. The molecule has 0 aliphatic rings. The van der Waals surface area contributed by atoms with Crippen molar-refractivity contribution in [1.82, 2.24) is 0 Å². The predicted molar refractivity (Wildman–Crippen MR) is 76.8 cm³/mol. The molecule has 0 heterocycles. The fourth-order valence-electron chi connectivity index (χ4n) is 2.12. The highest BCUT2D eigenvalue weighted by Gasteiger charge is 2.15. The van der Waals surface area contributed by atoms with E-state index in [1.165, 1.54) is 0 Å². The number of aryl methyl sites for hydroxylation is 1. The number of methoxy groups -OCH3 is 2. The van der Waals surface area contributed by atoms with E-state index in [4.69, 9.17) is 15.2 Å². The van der Waals surface area contributed by atoms with E-state index in [9.17, 15) is 5.11 Å². The smallest absolute Gasteiger partial charge is 0.122 e. The Labute approximate surface area is 115 Å². The highest BCUT2D eigenvalue weighted by Crippen LogP contribution is 2.25. The van der Waals surface area contributed by atoms with Crippen LogP contribution in [0.15, 0.2) is 18.2 Å². The summed E-state index contributed by atoms with van der Waals surface area (Å²) >= 11 is 0. The zero-order valence-corrected chi connectivity index (χ0v) is 12.1. The maximum Gasteiger partial charge on any atom is 0.122 e. The Kier molecular flexibility index (Phi) is 6.67. The standard InChI is InChI=1S/C15H25NO3/c1-4-5-13(16)14(17)8-6-11-10-12(18-2)7-9-15(11)19-3/h7,9-10,13-14,17H,4-6,8,16H2,1-3H3. The van der Waals surface area contributed by atoms with E-state index in [1.807, 2.05) is 18.2 Å². The lowest BCUT2D eigenvalue weighted by atomic mass is 9.99. The van der Waals surface area contributed by atoms with E-state index < -0.39 is 6.10 Å². The monoisotopic (exact) mass is 267 g/mol. The normalized spacial score (nSPS) is 13.9. The van der Waals surface area contributed by atoms with Gasteiger partial charge in [-0.2, -0.15) is 0 Å². The van der Waals surface area contributed by atoms with Crippen molar-refractivity contribution in [2.45, 2.75) is 44.8 Å². The Balaban J connectivity index is 2.65. The van der Waals surface area contributed by atoms with Crippen molar-refractivity contribution in [2.24, 2.45) is 5.73 Å². The van der Waals surface area contributed by atoms with E-state index in [0.29, 0.717) is 6.42 Å². The number of hydrogen-bond donors (Lipinski definition) is 2. The molecular weight excluding hydrogens is 242 g/mol. The first kappa shape index (κ1) is 15.8. The molecular formula is C15H25NO3. The summed E-state index contributed by atoms with van der Waals surface area (Å²) in [5, 5.41) is 10.0. The Morgan fingerprint density at radius 1 is 1.21 bits per heavy atom. The van der Waals surface area contributed by atoms with Crippen LogP contribution in [0.4, 0.5) is 0 Å². The molecule has 0 saturated carbocycles. The molecule has 4 heteroatoms. The summed E-state index contributed by atoms with van der Waals surface area (Å²) in [6.07, 6.45) is 2.71. The lowest BCUT2D eigenvalue weighted by molar-refractivity contribution is 0.130. The molecule has 2 unspecified atom stereocenters. The van der Waals surface area contributed by atoms with Gasteiger partial charge in [0.15, 0.2) is 0 Å². The molecule has 0 bridgehead atoms. The number of aliphatic hydroxyl groups is 1. The van der Waals surface area contributed by atoms with E-state index in [-0.39, 0.29) is 6.04 Å². The third-order valence-corrected chi connectivity index (χ3v) is 3.31. The van der Waals surface area contributed by atoms with Crippen LogP contribution in [-0.4, -0.2) is 31.5 Å². The maximum atomic E-state index is 10.0. The second-order valence-electron chi connectivity index (χ2n) is 4.74. The van der Waals surface area contributed by atoms with Gasteiger partial charge in [-0.3, -0.25) is 0 Å². The van der Waals surface area contributed by atoms with Gasteiger partial charge in [-0.15, -0.1) is 0 Å². The van der Waals surface area contributed by atoms with Crippen LogP contribution in [0.1, 0.15) is 31.7 Å². The lowest BCUT2D eigenvalue weighted by Crippen LogP contribution is -2.34. The van der Waals surface area contributed by atoms with Crippen LogP contribution in [0.5, 0.6) is 11.5 Å². The van der Waals surface area contributed by atoms with E-state index in [0.717, 1.165) is 36.3 Å². The molecule has 0 aliphatic carbocycles. The molecule has 0 fully saturated rings. The van der Waals surface area contributed by atoms with Crippen molar-refractivity contribution in [3.05, 3.63) is 23.8 Å². The summed E-state index contributed by atoms with van der Waals surface area (Å²) in [6.45, 7) is 2.07. The van der Waals surface area contributed by atoms with Gasteiger partial charge in [0.1, 0.15) is 11.5 Å². The van der Waals surface area contributed by atoms with Gasteiger partial charge in [-0.05, 0) is 43.0 Å². The SMILES string of the molecule is CCCC(N)C(O)CCc1cc(OC)ccc1OC. The highest BCUT2D eigenvalue weighted by molar-refractivity contribution is 5.40. The number of rotatable bonds is 8. The molecule has 3 N–H and O–H groups in total. The molecule has 0 aliphatic heterocycles. The van der Waals surface area contributed by atoms with Crippen molar-refractivity contribution in [3.63, 3.8) is 0 Å². The molecule has 1 rings (SSSR count). The lowest BCUT2D eigenvalue weighted by Gasteiger charge is -2.19. The van der Waals surface area contributed by atoms with Crippen LogP contribution in [0.3, 0.4) is 0 Å². The molecule has 1 aromatic rings. The molecule has 1 aromatic carbocycles. The first-order valence-corrected chi connectivity index (χ1v) is 6.76. The van der Waals surface area contributed by atoms with Gasteiger partial charge >= 0.3 is 0 Å². The van der Waals surface area contributed by atoms with Gasteiger partial charge in [-0.25, -0.2) is 0 Å². The third-order valence-electron chi connectivity index (χ3n) is 3.31. The molecule has 0 amide bonds. The summed E-state index contributed by atoms with van der Waals surface area (Å²) in [5.41, 5.74) is 6.94. The second kappa shape index (κ2) is 8.02. The largest absolute Gasteiger partial charge is 0.497 e. The Morgan fingerprint density at radius 2 is 1.95 bits per heavy atom. The molecule has 4 nitrogen and oxygen atoms in total. The van der Waals surface area contributed by atoms with E-state index >= 15 is 0 Å². The van der Waals surface area contributed by atoms with Crippen molar-refractivity contribution in [1.29, 1.82) is 0 Å². The van der Waals surface area contributed by atoms with Crippen LogP contribution >= 0.6 is 0 Å². The fraction of sp³-hybridized carbons (Fsp3) is 0.600. The van der Waals surface area contributed by atoms with Crippen molar-refractivity contribution >= 4 is 0 Å². The summed E-state index contributed by atoms with van der Waals surface area (Å²) in [7, 11) is 3.28. The topological polar surface area (TPSA) is 64.7 Å². The summed E-state index contributed by atoms with van der Waals surface area (Å²) in [5.74, 6) is 1.61. The summed E-state index contributed by atoms with van der Waals surface area (Å²) in [6, 6.07) is 5.53. The molecule has 0 spiro atoms. The minimum absolute atomic E-state index is 0.151. The maximum absolute atomic E-state index is 10.0. The van der Waals surface area contributed by atoms with Crippen LogP contribution in [-0.2, 0) is 6.42 Å². The molecule has 19 heavy (non-hydrogen) atoms. The average Bonchev–Trinajstić information content (AvgIpc) is 2.44. The Bertz CT molecular complexity index is 382. The summed E-state index contributed by atoms with van der Waals surface area (Å²) < 4.78 is 10.5. The highest BCUT2D eigenvalue weighted by atomic mass is 16.5. The Morgan fingerprint density at radius 3 is 2.53 bits per heavy atom. The third kappa shape index (κ3) is 4.73. The second-order valence-corrected chi connectivity index (χ2v) is 4.74. The Hall–Kier alpha value is -1.26.